The number of methoxy groups -OCH3 is 1. The summed E-state index contributed by atoms with van der Waals surface area (Å²) in [5.41, 5.74) is 0. The molecule has 3 heteroatoms. The van der Waals surface area contributed by atoms with E-state index in [9.17, 15) is 4.79 Å². The predicted octanol–water partition coefficient (Wildman–Crippen LogP) is 1.58. The Balaban J connectivity index is 0. The Morgan fingerprint density at radius 2 is 2.00 bits per heavy atom. The lowest BCUT2D eigenvalue weighted by atomic mass is 10.3. The molecule has 0 bridgehead atoms. The fraction of sp³-hybridized carbons (Fsp3) is 0.889. The second-order valence-electron chi connectivity index (χ2n) is 2.14. The van der Waals surface area contributed by atoms with Crippen LogP contribution in [0.5, 0.6) is 0 Å². The van der Waals surface area contributed by atoms with Gasteiger partial charge in [0.2, 0.25) is 5.91 Å². The average Bonchev–Trinajstić information content (AvgIpc) is 2.09. The van der Waals surface area contributed by atoms with Crippen LogP contribution in [0.1, 0.15) is 33.6 Å². The Labute approximate surface area is 75.5 Å². The van der Waals surface area contributed by atoms with Gasteiger partial charge in [0, 0.05) is 13.7 Å². The molecule has 0 aromatic heterocycles. The van der Waals surface area contributed by atoms with Crippen LogP contribution >= 0.6 is 0 Å². The maximum absolute atomic E-state index is 10.7. The number of ether oxygens (including phenoxy) is 1. The third kappa shape index (κ3) is 12.1. The van der Waals surface area contributed by atoms with E-state index in [0.717, 1.165) is 19.4 Å². The first kappa shape index (κ1) is 14.0. The molecule has 0 aliphatic heterocycles. The van der Waals surface area contributed by atoms with E-state index in [0.29, 0.717) is 0 Å². The van der Waals surface area contributed by atoms with Crippen LogP contribution < -0.4 is 5.32 Å². The van der Waals surface area contributed by atoms with Crippen molar-refractivity contribution in [3.8, 4) is 0 Å². The lowest BCUT2D eigenvalue weighted by molar-refractivity contribution is -0.124. The molecule has 0 spiro atoms. The highest BCUT2D eigenvalue weighted by Gasteiger charge is 1.95. The molecule has 74 valence electrons. The first-order valence-electron chi connectivity index (χ1n) is 4.57. The van der Waals surface area contributed by atoms with Gasteiger partial charge < -0.3 is 10.1 Å². The molecule has 0 aliphatic carbocycles. The number of hydrogen-bond acceptors (Lipinski definition) is 2. The molecular weight excluding hydrogens is 154 g/mol. The van der Waals surface area contributed by atoms with Gasteiger partial charge in [-0.2, -0.15) is 0 Å². The number of amides is 1. The monoisotopic (exact) mass is 175 g/mol. The fourth-order valence-corrected chi connectivity index (χ4v) is 0.587. The zero-order valence-corrected chi connectivity index (χ0v) is 8.64. The summed E-state index contributed by atoms with van der Waals surface area (Å²) < 4.78 is 4.62. The summed E-state index contributed by atoms with van der Waals surface area (Å²) in [7, 11) is 1.51. The van der Waals surface area contributed by atoms with E-state index in [1.807, 2.05) is 13.8 Å². The van der Waals surface area contributed by atoms with Crippen LogP contribution in [-0.2, 0) is 9.53 Å². The van der Waals surface area contributed by atoms with Crippen molar-refractivity contribution in [3.05, 3.63) is 0 Å². The van der Waals surface area contributed by atoms with Crippen LogP contribution in [0.15, 0.2) is 0 Å². The molecule has 3 nitrogen and oxygen atoms in total. The highest BCUT2D eigenvalue weighted by Crippen LogP contribution is 1.81. The predicted molar refractivity (Wildman–Crippen MR) is 51.1 cm³/mol. The molecule has 1 N–H and O–H groups in total. The van der Waals surface area contributed by atoms with Gasteiger partial charge in [0.25, 0.3) is 0 Å². The van der Waals surface area contributed by atoms with Crippen molar-refractivity contribution in [2.45, 2.75) is 33.6 Å². The zero-order valence-electron chi connectivity index (χ0n) is 8.64. The molecular formula is C9H21NO2. The van der Waals surface area contributed by atoms with Gasteiger partial charge in [0.15, 0.2) is 0 Å². The van der Waals surface area contributed by atoms with E-state index in [1.165, 1.54) is 7.11 Å². The molecule has 0 aromatic rings. The van der Waals surface area contributed by atoms with Crippen LogP contribution in [0.25, 0.3) is 0 Å². The summed E-state index contributed by atoms with van der Waals surface area (Å²) in [6.45, 7) is 7.02. The quantitative estimate of drug-likeness (QED) is 0.644. The van der Waals surface area contributed by atoms with E-state index in [-0.39, 0.29) is 12.5 Å². The second kappa shape index (κ2) is 13.1. The highest BCUT2D eigenvalue weighted by atomic mass is 16.5. The van der Waals surface area contributed by atoms with Crippen LogP contribution in [0, 0.1) is 0 Å². The van der Waals surface area contributed by atoms with Crippen molar-refractivity contribution in [1.29, 1.82) is 0 Å². The molecule has 0 heterocycles. The minimum atomic E-state index is -0.0315. The number of carbonyl (C=O) groups is 1. The molecule has 0 radical (unpaired) electrons. The number of rotatable bonds is 5. The average molecular weight is 175 g/mol. The molecule has 0 saturated heterocycles. The molecule has 0 aromatic carbocycles. The Bertz CT molecular complexity index is 94.5. The van der Waals surface area contributed by atoms with E-state index < -0.39 is 0 Å². The van der Waals surface area contributed by atoms with Crippen molar-refractivity contribution in [3.63, 3.8) is 0 Å². The summed E-state index contributed by atoms with van der Waals surface area (Å²) in [5.74, 6) is -0.0315. The lowest BCUT2D eigenvalue weighted by Gasteiger charge is -2.01. The molecule has 0 aliphatic rings. The summed E-state index contributed by atoms with van der Waals surface area (Å²) in [4.78, 5) is 10.7. The Kier molecular flexibility index (Phi) is 15.2. The number of carbonyl (C=O) groups excluding carboxylic acids is 1. The summed E-state index contributed by atoms with van der Waals surface area (Å²) in [5, 5.41) is 2.72. The third-order valence-electron chi connectivity index (χ3n) is 1.13. The van der Waals surface area contributed by atoms with E-state index >= 15 is 0 Å². The normalized spacial score (nSPS) is 8.33. The van der Waals surface area contributed by atoms with Gasteiger partial charge in [-0.15, -0.1) is 0 Å². The lowest BCUT2D eigenvalue weighted by Crippen LogP contribution is -2.27. The smallest absolute Gasteiger partial charge is 0.245 e. The first-order chi connectivity index (χ1) is 5.81. The maximum atomic E-state index is 10.7. The van der Waals surface area contributed by atoms with Gasteiger partial charge in [-0.25, -0.2) is 0 Å². The maximum Gasteiger partial charge on any atom is 0.245 e. The number of hydrogen-bond donors (Lipinski definition) is 1. The summed E-state index contributed by atoms with van der Waals surface area (Å²) in [6, 6.07) is 0. The van der Waals surface area contributed by atoms with Crippen molar-refractivity contribution < 1.29 is 9.53 Å². The molecule has 12 heavy (non-hydrogen) atoms. The number of nitrogens with one attached hydrogen (secondary N) is 1. The van der Waals surface area contributed by atoms with Crippen molar-refractivity contribution >= 4 is 5.91 Å². The largest absolute Gasteiger partial charge is 0.375 e. The van der Waals surface area contributed by atoms with Crippen molar-refractivity contribution in [2.24, 2.45) is 0 Å². The molecule has 0 saturated carbocycles. The second-order valence-corrected chi connectivity index (χ2v) is 2.14. The SMILES string of the molecule is CC.CCCCNC(=O)COC. The molecule has 0 atom stereocenters. The zero-order chi connectivity index (χ0) is 9.82. The summed E-state index contributed by atoms with van der Waals surface area (Å²) in [6.07, 6.45) is 2.14. The van der Waals surface area contributed by atoms with E-state index in [2.05, 4.69) is 17.0 Å². The van der Waals surface area contributed by atoms with Crippen LogP contribution in [0.4, 0.5) is 0 Å². The van der Waals surface area contributed by atoms with Crippen LogP contribution in [0.2, 0.25) is 0 Å². The topological polar surface area (TPSA) is 38.3 Å². The first-order valence-corrected chi connectivity index (χ1v) is 4.57. The van der Waals surface area contributed by atoms with Crippen molar-refractivity contribution in [2.75, 3.05) is 20.3 Å². The Morgan fingerprint density at radius 1 is 1.42 bits per heavy atom. The Hall–Kier alpha value is -0.570. The van der Waals surface area contributed by atoms with Crippen LogP contribution in [-0.4, -0.2) is 26.2 Å². The van der Waals surface area contributed by atoms with Gasteiger partial charge >= 0.3 is 0 Å². The van der Waals surface area contributed by atoms with Gasteiger partial charge in [0.05, 0.1) is 0 Å². The van der Waals surface area contributed by atoms with Gasteiger partial charge in [-0.05, 0) is 6.42 Å². The molecule has 1 amide bonds. The minimum absolute atomic E-state index is 0.0315. The highest BCUT2D eigenvalue weighted by molar-refractivity contribution is 5.77. The summed E-state index contributed by atoms with van der Waals surface area (Å²) >= 11 is 0. The minimum Gasteiger partial charge on any atom is -0.375 e. The van der Waals surface area contributed by atoms with E-state index in [4.69, 9.17) is 0 Å². The molecule has 0 unspecified atom stereocenters. The fourth-order valence-electron chi connectivity index (χ4n) is 0.587. The van der Waals surface area contributed by atoms with Crippen LogP contribution in [0.3, 0.4) is 0 Å². The van der Waals surface area contributed by atoms with Gasteiger partial charge in [0.1, 0.15) is 6.61 Å². The van der Waals surface area contributed by atoms with Gasteiger partial charge in [-0.3, -0.25) is 4.79 Å². The van der Waals surface area contributed by atoms with Crippen molar-refractivity contribution in [1.82, 2.24) is 5.32 Å². The van der Waals surface area contributed by atoms with E-state index in [1.54, 1.807) is 0 Å². The van der Waals surface area contributed by atoms with Gasteiger partial charge in [-0.1, -0.05) is 27.2 Å². The standard InChI is InChI=1S/C7H15NO2.C2H6/c1-3-4-5-8-7(9)6-10-2;1-2/h3-6H2,1-2H3,(H,8,9);1-2H3. The Morgan fingerprint density at radius 3 is 2.42 bits per heavy atom. The molecule has 0 rings (SSSR count). The molecule has 0 fully saturated rings. The number of unbranched alkanes of at least 4 members (excludes halogenated alkanes) is 1. The third-order valence-corrected chi connectivity index (χ3v) is 1.13.